The van der Waals surface area contributed by atoms with Crippen molar-refractivity contribution in [2.24, 2.45) is 5.92 Å². The second-order valence-electron chi connectivity index (χ2n) is 6.94. The maximum absolute atomic E-state index is 13.5. The molecule has 2 atom stereocenters. The lowest BCUT2D eigenvalue weighted by atomic mass is 10.0. The molecule has 0 bridgehead atoms. The number of aromatic amines is 1. The summed E-state index contributed by atoms with van der Waals surface area (Å²) >= 11 is 0. The number of hydrogen-bond acceptors (Lipinski definition) is 5. The van der Waals surface area contributed by atoms with Gasteiger partial charge in [-0.3, -0.25) is 10.00 Å². The van der Waals surface area contributed by atoms with Crippen LogP contribution < -0.4 is 0 Å². The van der Waals surface area contributed by atoms with Crippen LogP contribution in [-0.4, -0.2) is 44.6 Å². The van der Waals surface area contributed by atoms with E-state index in [2.05, 4.69) is 20.3 Å². The van der Waals surface area contributed by atoms with Gasteiger partial charge in [0.1, 0.15) is 11.6 Å². The van der Waals surface area contributed by atoms with E-state index < -0.39 is 6.10 Å². The molecule has 1 aliphatic heterocycles. The highest BCUT2D eigenvalue weighted by Gasteiger charge is 2.32. The Kier molecular flexibility index (Phi) is 4.57. The average Bonchev–Trinajstić information content (AvgIpc) is 3.30. The summed E-state index contributed by atoms with van der Waals surface area (Å²) < 4.78 is 18.8. The van der Waals surface area contributed by atoms with Gasteiger partial charge in [-0.1, -0.05) is 17.3 Å². The van der Waals surface area contributed by atoms with Crippen molar-refractivity contribution >= 4 is 0 Å². The highest BCUT2D eigenvalue weighted by molar-refractivity contribution is 5.62. The van der Waals surface area contributed by atoms with Gasteiger partial charge in [0.15, 0.2) is 0 Å². The van der Waals surface area contributed by atoms with Crippen LogP contribution in [-0.2, 0) is 13.0 Å². The summed E-state index contributed by atoms with van der Waals surface area (Å²) in [6.07, 6.45) is 2.02. The third-order valence-electron chi connectivity index (χ3n) is 4.85. The van der Waals surface area contributed by atoms with E-state index in [-0.39, 0.29) is 11.7 Å². The minimum atomic E-state index is -0.412. The van der Waals surface area contributed by atoms with E-state index in [1.165, 1.54) is 12.1 Å². The Hall–Kier alpha value is -2.51. The van der Waals surface area contributed by atoms with Crippen LogP contribution in [0.2, 0.25) is 0 Å². The lowest BCUT2D eigenvalue weighted by Crippen LogP contribution is -2.21. The molecule has 0 radical (unpaired) electrons. The van der Waals surface area contributed by atoms with Crippen LogP contribution in [0.25, 0.3) is 11.3 Å². The molecule has 0 spiro atoms. The molecule has 1 aliphatic rings. The molecule has 2 aromatic heterocycles. The van der Waals surface area contributed by atoms with Gasteiger partial charge >= 0.3 is 0 Å². The number of aliphatic hydroxyl groups excluding tert-OH is 1. The molecule has 3 aromatic rings. The van der Waals surface area contributed by atoms with E-state index in [4.69, 9.17) is 4.52 Å². The van der Waals surface area contributed by atoms with Crippen molar-refractivity contribution in [2.45, 2.75) is 26.0 Å². The Morgan fingerprint density at radius 3 is 3.00 bits per heavy atom. The van der Waals surface area contributed by atoms with Crippen LogP contribution in [0.3, 0.4) is 0 Å². The van der Waals surface area contributed by atoms with E-state index in [0.29, 0.717) is 19.5 Å². The normalized spacial score (nSPS) is 20.7. The SMILES string of the molecule is Cc1cc(C[C@@H]2CN(Cc3cn[nH]c3-c3cccc(F)c3)C[C@H]2O)on1. The summed E-state index contributed by atoms with van der Waals surface area (Å²) in [4.78, 5) is 2.19. The topological polar surface area (TPSA) is 78.2 Å². The van der Waals surface area contributed by atoms with Gasteiger partial charge < -0.3 is 9.63 Å². The van der Waals surface area contributed by atoms with Gasteiger partial charge in [-0.25, -0.2) is 4.39 Å². The molecule has 1 saturated heterocycles. The van der Waals surface area contributed by atoms with Crippen LogP contribution in [0.5, 0.6) is 0 Å². The van der Waals surface area contributed by atoms with Gasteiger partial charge in [0.25, 0.3) is 0 Å². The summed E-state index contributed by atoms with van der Waals surface area (Å²) in [5.41, 5.74) is 3.42. The Morgan fingerprint density at radius 1 is 1.35 bits per heavy atom. The average molecular weight is 356 g/mol. The van der Waals surface area contributed by atoms with Crippen molar-refractivity contribution in [3.63, 3.8) is 0 Å². The van der Waals surface area contributed by atoms with Crippen LogP contribution in [0.4, 0.5) is 4.39 Å². The lowest BCUT2D eigenvalue weighted by molar-refractivity contribution is 0.137. The van der Waals surface area contributed by atoms with Crippen LogP contribution in [0.1, 0.15) is 17.0 Å². The largest absolute Gasteiger partial charge is 0.391 e. The Labute approximate surface area is 150 Å². The van der Waals surface area contributed by atoms with Crippen LogP contribution >= 0.6 is 0 Å². The van der Waals surface area contributed by atoms with Gasteiger partial charge in [0.2, 0.25) is 0 Å². The third-order valence-corrected chi connectivity index (χ3v) is 4.85. The molecule has 0 aliphatic carbocycles. The van der Waals surface area contributed by atoms with E-state index in [0.717, 1.165) is 34.8 Å². The fraction of sp³-hybridized carbons (Fsp3) is 0.368. The molecule has 1 fully saturated rings. The maximum atomic E-state index is 13.5. The Morgan fingerprint density at radius 2 is 2.23 bits per heavy atom. The number of benzene rings is 1. The number of aryl methyl sites for hydroxylation is 1. The van der Waals surface area contributed by atoms with Crippen molar-refractivity contribution in [3.8, 4) is 11.3 Å². The predicted octanol–water partition coefficient (Wildman–Crippen LogP) is 2.55. The summed E-state index contributed by atoms with van der Waals surface area (Å²) in [6, 6.07) is 8.36. The van der Waals surface area contributed by atoms with Crippen molar-refractivity contribution < 1.29 is 14.0 Å². The fourth-order valence-electron chi connectivity index (χ4n) is 3.61. The van der Waals surface area contributed by atoms with Crippen molar-refractivity contribution in [1.29, 1.82) is 0 Å². The summed E-state index contributed by atoms with van der Waals surface area (Å²) in [5.74, 6) is 0.631. The smallest absolute Gasteiger partial charge is 0.137 e. The molecule has 2 N–H and O–H groups in total. The molecule has 0 unspecified atom stereocenters. The van der Waals surface area contributed by atoms with E-state index in [1.54, 1.807) is 12.3 Å². The maximum Gasteiger partial charge on any atom is 0.137 e. The Bertz CT molecular complexity index is 891. The fourth-order valence-corrected chi connectivity index (χ4v) is 3.61. The molecular formula is C19H21FN4O2. The molecule has 3 heterocycles. The third kappa shape index (κ3) is 3.54. The van der Waals surface area contributed by atoms with Gasteiger partial charge in [0.05, 0.1) is 23.7 Å². The minimum absolute atomic E-state index is 0.104. The monoisotopic (exact) mass is 356 g/mol. The van der Waals surface area contributed by atoms with Crippen LogP contribution in [0.15, 0.2) is 41.1 Å². The highest BCUT2D eigenvalue weighted by atomic mass is 19.1. The summed E-state index contributed by atoms with van der Waals surface area (Å²) in [6.45, 7) is 3.88. The number of rotatable bonds is 5. The molecule has 1 aromatic carbocycles. The number of β-amino-alcohol motifs (C(OH)–C–C–N with tert-alkyl or cyclic N) is 1. The second-order valence-corrected chi connectivity index (χ2v) is 6.94. The Balaban J connectivity index is 1.45. The molecule has 0 saturated carbocycles. The van der Waals surface area contributed by atoms with Crippen molar-refractivity contribution in [1.82, 2.24) is 20.3 Å². The second kappa shape index (κ2) is 7.01. The zero-order chi connectivity index (χ0) is 18.1. The van der Waals surface area contributed by atoms with E-state index in [1.807, 2.05) is 19.1 Å². The summed E-state index contributed by atoms with van der Waals surface area (Å²) in [5, 5.41) is 21.4. The molecule has 7 heteroatoms. The van der Waals surface area contributed by atoms with E-state index in [9.17, 15) is 9.50 Å². The quantitative estimate of drug-likeness (QED) is 0.735. The molecule has 4 rings (SSSR count). The number of halogens is 1. The summed E-state index contributed by atoms with van der Waals surface area (Å²) in [7, 11) is 0. The van der Waals surface area contributed by atoms with Gasteiger partial charge in [0, 0.05) is 49.2 Å². The van der Waals surface area contributed by atoms with Crippen LogP contribution in [0, 0.1) is 18.7 Å². The number of nitrogens with zero attached hydrogens (tertiary/aromatic N) is 3. The minimum Gasteiger partial charge on any atom is -0.391 e. The molecule has 136 valence electrons. The van der Waals surface area contributed by atoms with Crippen molar-refractivity contribution in [3.05, 3.63) is 59.4 Å². The number of aromatic nitrogens is 3. The van der Waals surface area contributed by atoms with Gasteiger partial charge in [-0.05, 0) is 19.1 Å². The van der Waals surface area contributed by atoms with Gasteiger partial charge in [-0.2, -0.15) is 5.10 Å². The number of aliphatic hydroxyl groups is 1. The lowest BCUT2D eigenvalue weighted by Gasteiger charge is -2.15. The zero-order valence-corrected chi connectivity index (χ0v) is 14.5. The number of hydrogen-bond donors (Lipinski definition) is 2. The predicted molar refractivity (Wildman–Crippen MR) is 93.7 cm³/mol. The van der Waals surface area contributed by atoms with E-state index >= 15 is 0 Å². The van der Waals surface area contributed by atoms with Crippen molar-refractivity contribution in [2.75, 3.05) is 13.1 Å². The first kappa shape index (κ1) is 16.9. The zero-order valence-electron chi connectivity index (χ0n) is 14.5. The number of likely N-dealkylation sites (tertiary alicyclic amines) is 1. The first-order valence-electron chi connectivity index (χ1n) is 8.69. The highest BCUT2D eigenvalue weighted by Crippen LogP contribution is 2.27. The molecular weight excluding hydrogens is 335 g/mol. The first-order chi connectivity index (χ1) is 12.6. The number of H-pyrrole nitrogens is 1. The van der Waals surface area contributed by atoms with Gasteiger partial charge in [-0.15, -0.1) is 0 Å². The molecule has 26 heavy (non-hydrogen) atoms. The number of nitrogens with one attached hydrogen (secondary N) is 1. The molecule has 6 nitrogen and oxygen atoms in total. The standard InChI is InChI=1S/C19H21FN4O2/c1-12-5-17(26-23-12)7-14-9-24(11-18(14)25)10-15-8-21-22-19(15)13-3-2-4-16(20)6-13/h2-6,8,14,18,25H,7,9-11H2,1H3,(H,21,22)/t14-,18-/m1/s1. The first-order valence-corrected chi connectivity index (χ1v) is 8.69. The molecule has 0 amide bonds.